The van der Waals surface area contributed by atoms with Crippen LogP contribution < -0.4 is 5.32 Å². The smallest absolute Gasteiger partial charge is 0.244 e. The molecule has 1 fully saturated rings. The van der Waals surface area contributed by atoms with Crippen LogP contribution in [0.25, 0.3) is 0 Å². The molecule has 1 saturated heterocycles. The summed E-state index contributed by atoms with van der Waals surface area (Å²) in [4.78, 5) is 23.3. The van der Waals surface area contributed by atoms with E-state index in [0.29, 0.717) is 11.9 Å². The number of amides is 1. The Balaban J connectivity index is 2.04. The molecule has 0 radical (unpaired) electrons. The van der Waals surface area contributed by atoms with Crippen LogP contribution >= 0.6 is 0 Å². The van der Waals surface area contributed by atoms with Gasteiger partial charge in [-0.1, -0.05) is 13.8 Å². The quantitative estimate of drug-likeness (QED) is 0.926. The Morgan fingerprint density at radius 1 is 1.19 bits per heavy atom. The molecule has 0 aromatic carbocycles. The second-order valence-corrected chi connectivity index (χ2v) is 6.16. The lowest BCUT2D eigenvalue weighted by Crippen LogP contribution is -2.44. The van der Waals surface area contributed by atoms with Gasteiger partial charge in [-0.25, -0.2) is 9.97 Å². The minimum absolute atomic E-state index is 0.144. The average Bonchev–Trinajstić information content (AvgIpc) is 2.46. The van der Waals surface area contributed by atoms with Crippen molar-refractivity contribution >= 4 is 11.9 Å². The van der Waals surface area contributed by atoms with Crippen molar-refractivity contribution in [3.63, 3.8) is 0 Å². The molecule has 1 aromatic rings. The summed E-state index contributed by atoms with van der Waals surface area (Å²) in [6.07, 6.45) is 3.44. The zero-order valence-corrected chi connectivity index (χ0v) is 13.5. The largest absolute Gasteiger partial charge is 0.343 e. The number of aryl methyl sites for hydroxylation is 1. The lowest BCUT2D eigenvalue weighted by molar-refractivity contribution is -0.132. The minimum atomic E-state index is -0.287. The first kappa shape index (κ1) is 15.7. The Kier molecular flexibility index (Phi) is 5.15. The summed E-state index contributed by atoms with van der Waals surface area (Å²) in [5.74, 6) is 1.04. The first-order valence-electron chi connectivity index (χ1n) is 7.88. The second-order valence-electron chi connectivity index (χ2n) is 6.16. The third-order valence-corrected chi connectivity index (χ3v) is 3.85. The van der Waals surface area contributed by atoms with Gasteiger partial charge < -0.3 is 10.2 Å². The molecule has 0 aliphatic carbocycles. The molecule has 1 aliphatic rings. The molecule has 5 nitrogen and oxygen atoms in total. The molecule has 1 aromatic heterocycles. The van der Waals surface area contributed by atoms with Crippen molar-refractivity contribution < 1.29 is 4.79 Å². The van der Waals surface area contributed by atoms with Crippen LogP contribution in [0.4, 0.5) is 5.95 Å². The predicted octanol–water partition coefficient (Wildman–Crippen LogP) is 2.72. The molecule has 1 unspecified atom stereocenters. The van der Waals surface area contributed by atoms with E-state index in [1.165, 1.54) is 6.42 Å². The van der Waals surface area contributed by atoms with Crippen molar-refractivity contribution in [3.05, 3.63) is 17.5 Å². The number of carbonyl (C=O) groups is 1. The van der Waals surface area contributed by atoms with Crippen LogP contribution in [0, 0.1) is 6.92 Å². The van der Waals surface area contributed by atoms with E-state index < -0.39 is 0 Å². The van der Waals surface area contributed by atoms with E-state index in [9.17, 15) is 4.79 Å². The summed E-state index contributed by atoms with van der Waals surface area (Å²) in [6.45, 7) is 9.79. The zero-order valence-electron chi connectivity index (χ0n) is 13.5. The number of hydrogen-bond donors (Lipinski definition) is 1. The molecule has 21 heavy (non-hydrogen) atoms. The van der Waals surface area contributed by atoms with E-state index in [1.807, 2.05) is 24.8 Å². The van der Waals surface area contributed by atoms with Crippen LogP contribution in [0.2, 0.25) is 0 Å². The number of piperidine rings is 1. The molecule has 0 bridgehead atoms. The van der Waals surface area contributed by atoms with Gasteiger partial charge in [-0.3, -0.25) is 4.79 Å². The number of nitrogens with one attached hydrogen (secondary N) is 1. The number of nitrogens with zero attached hydrogens (tertiary/aromatic N) is 3. The standard InChI is InChI=1S/C16H26N4O/c1-11(2)14-10-12(3)17-16(19-14)18-13(4)15(21)20-8-6-5-7-9-20/h10-11,13H,5-9H2,1-4H3,(H,17,18,19). The highest BCUT2D eigenvalue weighted by atomic mass is 16.2. The maximum absolute atomic E-state index is 12.4. The molecule has 1 N–H and O–H groups in total. The van der Waals surface area contributed by atoms with Gasteiger partial charge >= 0.3 is 0 Å². The number of aromatic nitrogens is 2. The molecule has 0 spiro atoms. The Bertz CT molecular complexity index is 495. The van der Waals surface area contributed by atoms with Gasteiger partial charge in [-0.15, -0.1) is 0 Å². The Labute approximate surface area is 127 Å². The minimum Gasteiger partial charge on any atom is -0.343 e. The van der Waals surface area contributed by atoms with Gasteiger partial charge in [0, 0.05) is 24.5 Å². The van der Waals surface area contributed by atoms with Crippen LogP contribution in [0.1, 0.15) is 57.3 Å². The van der Waals surface area contributed by atoms with Gasteiger partial charge in [0.05, 0.1) is 0 Å². The summed E-state index contributed by atoms with van der Waals surface area (Å²) in [5.41, 5.74) is 1.93. The summed E-state index contributed by atoms with van der Waals surface area (Å²) >= 11 is 0. The van der Waals surface area contributed by atoms with Crippen LogP contribution in [0.3, 0.4) is 0 Å². The predicted molar refractivity (Wildman–Crippen MR) is 84.4 cm³/mol. The highest BCUT2D eigenvalue weighted by Gasteiger charge is 2.22. The monoisotopic (exact) mass is 290 g/mol. The van der Waals surface area contributed by atoms with Crippen molar-refractivity contribution in [3.8, 4) is 0 Å². The fourth-order valence-corrected chi connectivity index (χ4v) is 2.60. The van der Waals surface area contributed by atoms with Crippen molar-refractivity contribution in [1.29, 1.82) is 0 Å². The lowest BCUT2D eigenvalue weighted by atomic mass is 10.1. The van der Waals surface area contributed by atoms with E-state index in [4.69, 9.17) is 0 Å². The van der Waals surface area contributed by atoms with E-state index in [1.54, 1.807) is 0 Å². The van der Waals surface area contributed by atoms with Gasteiger partial charge in [-0.05, 0) is 45.1 Å². The third kappa shape index (κ3) is 4.16. The highest BCUT2D eigenvalue weighted by molar-refractivity contribution is 5.83. The number of likely N-dealkylation sites (tertiary alicyclic amines) is 1. The van der Waals surface area contributed by atoms with Crippen LogP contribution in [-0.4, -0.2) is 39.9 Å². The van der Waals surface area contributed by atoms with Crippen LogP contribution in [-0.2, 0) is 4.79 Å². The van der Waals surface area contributed by atoms with Crippen molar-refractivity contribution in [2.45, 2.75) is 58.9 Å². The topological polar surface area (TPSA) is 58.1 Å². The van der Waals surface area contributed by atoms with E-state index in [-0.39, 0.29) is 11.9 Å². The SMILES string of the molecule is Cc1cc(C(C)C)nc(NC(C)C(=O)N2CCCCC2)n1. The summed E-state index contributed by atoms with van der Waals surface area (Å²) in [5, 5.41) is 3.16. The third-order valence-electron chi connectivity index (χ3n) is 3.85. The van der Waals surface area contributed by atoms with Crippen LogP contribution in [0.5, 0.6) is 0 Å². The first-order valence-corrected chi connectivity index (χ1v) is 7.88. The summed E-state index contributed by atoms with van der Waals surface area (Å²) < 4.78 is 0. The highest BCUT2D eigenvalue weighted by Crippen LogP contribution is 2.16. The van der Waals surface area contributed by atoms with Gasteiger partial charge in [0.1, 0.15) is 6.04 Å². The number of rotatable bonds is 4. The second kappa shape index (κ2) is 6.87. The molecule has 1 amide bonds. The van der Waals surface area contributed by atoms with Gasteiger partial charge in [-0.2, -0.15) is 0 Å². The molecule has 2 rings (SSSR count). The van der Waals surface area contributed by atoms with Crippen molar-refractivity contribution in [1.82, 2.24) is 14.9 Å². The maximum atomic E-state index is 12.4. The van der Waals surface area contributed by atoms with E-state index in [0.717, 1.165) is 37.3 Å². The first-order chi connectivity index (χ1) is 9.97. The van der Waals surface area contributed by atoms with Crippen molar-refractivity contribution in [2.75, 3.05) is 18.4 Å². The zero-order chi connectivity index (χ0) is 15.4. The lowest BCUT2D eigenvalue weighted by Gasteiger charge is -2.29. The summed E-state index contributed by atoms with van der Waals surface area (Å²) in [6, 6.07) is 1.71. The maximum Gasteiger partial charge on any atom is 0.244 e. The fraction of sp³-hybridized carbons (Fsp3) is 0.688. The average molecular weight is 290 g/mol. The molecule has 1 atom stereocenters. The van der Waals surface area contributed by atoms with Gasteiger partial charge in [0.2, 0.25) is 11.9 Å². The molecule has 0 saturated carbocycles. The number of carbonyl (C=O) groups excluding carboxylic acids is 1. The molecule has 1 aliphatic heterocycles. The molecular weight excluding hydrogens is 264 g/mol. The van der Waals surface area contributed by atoms with Gasteiger partial charge in [0.15, 0.2) is 0 Å². The Hall–Kier alpha value is -1.65. The van der Waals surface area contributed by atoms with Crippen molar-refractivity contribution in [2.24, 2.45) is 0 Å². The molecular formula is C16H26N4O. The number of anilines is 1. The Morgan fingerprint density at radius 3 is 2.48 bits per heavy atom. The molecule has 116 valence electrons. The number of hydrogen-bond acceptors (Lipinski definition) is 4. The normalized spacial score (nSPS) is 16.9. The molecule has 2 heterocycles. The fourth-order valence-electron chi connectivity index (χ4n) is 2.60. The Morgan fingerprint density at radius 2 is 1.86 bits per heavy atom. The molecule has 5 heteroatoms. The van der Waals surface area contributed by atoms with Crippen LogP contribution in [0.15, 0.2) is 6.07 Å². The summed E-state index contributed by atoms with van der Waals surface area (Å²) in [7, 11) is 0. The van der Waals surface area contributed by atoms with E-state index in [2.05, 4.69) is 29.1 Å². The van der Waals surface area contributed by atoms with Gasteiger partial charge in [0.25, 0.3) is 0 Å². The van der Waals surface area contributed by atoms with E-state index >= 15 is 0 Å².